The van der Waals surface area contributed by atoms with E-state index in [1.54, 1.807) is 7.11 Å². The van der Waals surface area contributed by atoms with Crippen molar-refractivity contribution >= 4 is 17.6 Å². The van der Waals surface area contributed by atoms with Crippen LogP contribution < -0.4 is 10.1 Å². The third-order valence-corrected chi connectivity index (χ3v) is 8.36. The average molecular weight is 491 g/mol. The zero-order valence-electron chi connectivity index (χ0n) is 21.5. The molecular weight excluding hydrogens is 452 g/mol. The Kier molecular flexibility index (Phi) is 7.44. The van der Waals surface area contributed by atoms with E-state index in [4.69, 9.17) is 9.72 Å². The molecule has 1 aliphatic carbocycles. The standard InChI is InChI=1S/C29H38N4O3/c1-20-10-11-26(28(34)33-17-12-21-6-3-4-7-23(21)19-33)27(30-20)22-13-15-32(16-14-22)29(35)31-24-8-5-9-25(18-24)36-2/h5,8-11,18,21-23H,3-4,6-7,12-17,19H2,1-2H3,(H,31,35). The predicted octanol–water partition coefficient (Wildman–Crippen LogP) is 5.46. The van der Waals surface area contributed by atoms with Crippen molar-refractivity contribution in [3.05, 3.63) is 53.3 Å². The quantitative estimate of drug-likeness (QED) is 0.617. The van der Waals surface area contributed by atoms with Gasteiger partial charge in [0.15, 0.2) is 0 Å². The molecule has 3 fully saturated rings. The van der Waals surface area contributed by atoms with Crippen molar-refractivity contribution in [1.29, 1.82) is 0 Å². The van der Waals surface area contributed by atoms with E-state index in [-0.39, 0.29) is 17.9 Å². The molecule has 0 spiro atoms. The van der Waals surface area contributed by atoms with Crippen molar-refractivity contribution in [3.8, 4) is 5.75 Å². The number of nitrogens with zero attached hydrogens (tertiary/aromatic N) is 3. The highest BCUT2D eigenvalue weighted by molar-refractivity contribution is 5.95. The third kappa shape index (κ3) is 5.35. The van der Waals surface area contributed by atoms with E-state index in [2.05, 4.69) is 10.2 Å². The van der Waals surface area contributed by atoms with Gasteiger partial charge < -0.3 is 19.9 Å². The lowest BCUT2D eigenvalue weighted by Crippen LogP contribution is -2.45. The van der Waals surface area contributed by atoms with Gasteiger partial charge in [-0.05, 0) is 68.7 Å². The monoisotopic (exact) mass is 490 g/mol. The maximum Gasteiger partial charge on any atom is 0.321 e. The molecule has 1 aromatic heterocycles. The number of ether oxygens (including phenoxy) is 1. The summed E-state index contributed by atoms with van der Waals surface area (Å²) in [6.45, 7) is 5.01. The summed E-state index contributed by atoms with van der Waals surface area (Å²) < 4.78 is 5.25. The first-order valence-corrected chi connectivity index (χ1v) is 13.5. The van der Waals surface area contributed by atoms with Crippen LogP contribution in [0.4, 0.5) is 10.5 Å². The topological polar surface area (TPSA) is 74.8 Å². The van der Waals surface area contributed by atoms with Crippen LogP contribution in [0, 0.1) is 18.8 Å². The summed E-state index contributed by atoms with van der Waals surface area (Å²) in [5.74, 6) is 2.48. The summed E-state index contributed by atoms with van der Waals surface area (Å²) in [5.41, 5.74) is 3.33. The number of nitrogens with one attached hydrogen (secondary N) is 1. The van der Waals surface area contributed by atoms with Gasteiger partial charge in [0.2, 0.25) is 0 Å². The van der Waals surface area contributed by atoms with E-state index >= 15 is 0 Å². The van der Waals surface area contributed by atoms with Crippen LogP contribution in [0.3, 0.4) is 0 Å². The molecule has 3 aliphatic rings. The zero-order valence-corrected chi connectivity index (χ0v) is 21.5. The Hall–Kier alpha value is -3.09. The first-order chi connectivity index (χ1) is 17.5. The van der Waals surface area contributed by atoms with Crippen molar-refractivity contribution in [2.45, 2.75) is 57.8 Å². The van der Waals surface area contributed by atoms with Gasteiger partial charge in [-0.1, -0.05) is 25.3 Å². The molecule has 0 radical (unpaired) electrons. The van der Waals surface area contributed by atoms with Crippen LogP contribution in [0.15, 0.2) is 36.4 Å². The number of hydrogen-bond donors (Lipinski definition) is 1. The summed E-state index contributed by atoms with van der Waals surface area (Å²) >= 11 is 0. The zero-order chi connectivity index (χ0) is 25.1. The molecule has 2 atom stereocenters. The SMILES string of the molecule is COc1cccc(NC(=O)N2CCC(c3nc(C)ccc3C(=O)N3CCC4CCCCC4C3)CC2)c1. The number of fused-ring (bicyclic) bond motifs is 1. The molecule has 3 amide bonds. The first-order valence-electron chi connectivity index (χ1n) is 13.5. The molecule has 2 unspecified atom stereocenters. The fraction of sp³-hybridized carbons (Fsp3) is 0.552. The van der Waals surface area contributed by atoms with Crippen LogP contribution in [-0.4, -0.2) is 60.0 Å². The number of aryl methyl sites for hydroxylation is 1. The highest BCUT2D eigenvalue weighted by atomic mass is 16.5. The van der Waals surface area contributed by atoms with E-state index in [9.17, 15) is 9.59 Å². The lowest BCUT2D eigenvalue weighted by Gasteiger charge is -2.41. The second kappa shape index (κ2) is 10.9. The normalized spacial score (nSPS) is 22.6. The average Bonchev–Trinajstić information content (AvgIpc) is 2.92. The lowest BCUT2D eigenvalue weighted by atomic mass is 9.75. The number of carbonyl (C=O) groups is 2. The summed E-state index contributed by atoms with van der Waals surface area (Å²) in [6.07, 6.45) is 7.95. The van der Waals surface area contributed by atoms with Gasteiger partial charge in [-0.3, -0.25) is 9.78 Å². The number of hydrogen-bond acceptors (Lipinski definition) is 4. The fourth-order valence-electron chi connectivity index (χ4n) is 6.28. The Labute approximate surface area is 214 Å². The Morgan fingerprint density at radius 3 is 2.47 bits per heavy atom. The summed E-state index contributed by atoms with van der Waals surface area (Å²) in [6, 6.07) is 11.2. The van der Waals surface area contributed by atoms with Gasteiger partial charge in [0.1, 0.15) is 5.75 Å². The van der Waals surface area contributed by atoms with Crippen molar-refractivity contribution in [2.75, 3.05) is 38.6 Å². The molecule has 2 aromatic rings. The van der Waals surface area contributed by atoms with Crippen LogP contribution in [0.25, 0.3) is 0 Å². The van der Waals surface area contributed by atoms with E-state index in [0.717, 1.165) is 60.9 Å². The highest BCUT2D eigenvalue weighted by Gasteiger charge is 2.35. The second-order valence-corrected chi connectivity index (χ2v) is 10.7. The van der Waals surface area contributed by atoms with Crippen LogP contribution in [0.1, 0.15) is 72.6 Å². The number of anilines is 1. The number of piperidine rings is 2. The van der Waals surface area contributed by atoms with Gasteiger partial charge in [-0.15, -0.1) is 0 Å². The molecule has 5 rings (SSSR count). The number of methoxy groups -OCH3 is 1. The molecule has 36 heavy (non-hydrogen) atoms. The van der Waals surface area contributed by atoms with Crippen LogP contribution in [0.5, 0.6) is 5.75 Å². The molecule has 0 bridgehead atoms. The van der Waals surface area contributed by atoms with Crippen LogP contribution >= 0.6 is 0 Å². The third-order valence-electron chi connectivity index (χ3n) is 8.36. The first kappa shape index (κ1) is 24.6. The van der Waals surface area contributed by atoms with Crippen molar-refractivity contribution in [3.63, 3.8) is 0 Å². The van der Waals surface area contributed by atoms with Gasteiger partial charge in [-0.25, -0.2) is 4.79 Å². The van der Waals surface area contributed by atoms with Gasteiger partial charge in [0.05, 0.1) is 18.4 Å². The van der Waals surface area contributed by atoms with Crippen molar-refractivity contribution in [2.24, 2.45) is 11.8 Å². The molecule has 1 saturated carbocycles. The minimum absolute atomic E-state index is 0.106. The maximum atomic E-state index is 13.7. The highest BCUT2D eigenvalue weighted by Crippen LogP contribution is 2.37. The summed E-state index contributed by atoms with van der Waals surface area (Å²) in [7, 11) is 1.61. The van der Waals surface area contributed by atoms with Crippen molar-refractivity contribution in [1.82, 2.24) is 14.8 Å². The number of rotatable bonds is 4. The molecular formula is C29H38N4O3. The number of pyridine rings is 1. The van der Waals surface area contributed by atoms with E-state index in [1.165, 1.54) is 25.7 Å². The summed E-state index contributed by atoms with van der Waals surface area (Å²) in [4.78, 5) is 35.3. The van der Waals surface area contributed by atoms with Crippen LogP contribution in [0.2, 0.25) is 0 Å². The number of benzene rings is 1. The molecule has 7 nitrogen and oxygen atoms in total. The molecule has 7 heteroatoms. The number of amides is 3. The Morgan fingerprint density at radius 1 is 0.944 bits per heavy atom. The Balaban J connectivity index is 1.24. The van der Waals surface area contributed by atoms with E-state index < -0.39 is 0 Å². The lowest BCUT2D eigenvalue weighted by molar-refractivity contribution is 0.0518. The van der Waals surface area contributed by atoms with Crippen LogP contribution in [-0.2, 0) is 0 Å². The second-order valence-electron chi connectivity index (χ2n) is 10.7. The molecule has 2 saturated heterocycles. The smallest absolute Gasteiger partial charge is 0.321 e. The fourth-order valence-corrected chi connectivity index (χ4v) is 6.28. The molecule has 1 N–H and O–H groups in total. The van der Waals surface area contributed by atoms with Gasteiger partial charge in [0.25, 0.3) is 5.91 Å². The maximum absolute atomic E-state index is 13.7. The Bertz CT molecular complexity index is 1100. The minimum atomic E-state index is -0.106. The van der Waals surface area contributed by atoms with Crippen molar-refractivity contribution < 1.29 is 14.3 Å². The molecule has 1 aromatic carbocycles. The summed E-state index contributed by atoms with van der Waals surface area (Å²) in [5, 5.41) is 2.98. The molecule has 192 valence electrons. The number of carbonyl (C=O) groups excluding carboxylic acids is 2. The molecule has 3 heterocycles. The van der Waals surface area contributed by atoms with Gasteiger partial charge >= 0.3 is 6.03 Å². The van der Waals surface area contributed by atoms with E-state index in [1.807, 2.05) is 48.2 Å². The minimum Gasteiger partial charge on any atom is -0.497 e. The van der Waals surface area contributed by atoms with Gasteiger partial charge in [-0.2, -0.15) is 0 Å². The number of urea groups is 1. The molecule has 2 aliphatic heterocycles. The predicted molar refractivity (Wildman–Crippen MR) is 141 cm³/mol. The largest absolute Gasteiger partial charge is 0.497 e. The number of aromatic nitrogens is 1. The number of likely N-dealkylation sites (tertiary alicyclic amines) is 2. The van der Waals surface area contributed by atoms with Gasteiger partial charge in [0, 0.05) is 49.5 Å². The Morgan fingerprint density at radius 2 is 1.69 bits per heavy atom. The van der Waals surface area contributed by atoms with E-state index in [0.29, 0.717) is 24.8 Å².